The molecule has 2 aromatic rings. The summed E-state index contributed by atoms with van der Waals surface area (Å²) in [4.78, 5) is 16.5. The van der Waals surface area contributed by atoms with Gasteiger partial charge in [-0.15, -0.1) is 0 Å². The molecule has 0 spiro atoms. The Morgan fingerprint density at radius 2 is 1.84 bits per heavy atom. The minimum Gasteiger partial charge on any atom is -0.473 e. The van der Waals surface area contributed by atoms with Gasteiger partial charge < -0.3 is 10.1 Å². The van der Waals surface area contributed by atoms with Crippen LogP contribution >= 0.6 is 23.2 Å². The van der Waals surface area contributed by atoms with Crippen LogP contribution in [0.5, 0.6) is 5.88 Å². The summed E-state index contributed by atoms with van der Waals surface area (Å²) in [5.74, 6) is 0.485. The first-order valence-electron chi connectivity index (χ1n) is 8.36. The van der Waals surface area contributed by atoms with E-state index in [1.54, 1.807) is 6.07 Å². The monoisotopic (exact) mass is 378 g/mol. The quantitative estimate of drug-likeness (QED) is 0.787. The van der Waals surface area contributed by atoms with Crippen molar-refractivity contribution in [1.82, 2.24) is 4.98 Å². The maximum Gasteiger partial charge on any atom is 0.232 e. The fourth-order valence-electron chi connectivity index (χ4n) is 2.97. The normalized spacial score (nSPS) is 20.1. The van der Waals surface area contributed by atoms with Crippen molar-refractivity contribution in [2.45, 2.75) is 38.7 Å². The second-order valence-corrected chi connectivity index (χ2v) is 7.23. The molecule has 1 saturated carbocycles. The average Bonchev–Trinajstić information content (AvgIpc) is 2.60. The van der Waals surface area contributed by atoms with E-state index in [2.05, 4.69) is 10.3 Å². The van der Waals surface area contributed by atoms with E-state index in [-0.39, 0.29) is 17.9 Å². The number of halogens is 2. The zero-order chi connectivity index (χ0) is 17.8. The highest BCUT2D eigenvalue weighted by Crippen LogP contribution is 2.31. The molecule has 132 valence electrons. The van der Waals surface area contributed by atoms with Crippen LogP contribution < -0.4 is 10.1 Å². The average molecular weight is 379 g/mol. The van der Waals surface area contributed by atoms with E-state index in [9.17, 15) is 4.79 Å². The van der Waals surface area contributed by atoms with Gasteiger partial charge in [-0.05, 0) is 50.8 Å². The van der Waals surface area contributed by atoms with E-state index in [1.807, 2.05) is 31.2 Å². The second kappa shape index (κ2) is 8.07. The van der Waals surface area contributed by atoms with Gasteiger partial charge in [0.05, 0.1) is 5.02 Å². The minimum absolute atomic E-state index is 0.00908. The van der Waals surface area contributed by atoms with Gasteiger partial charge in [-0.25, -0.2) is 4.98 Å². The van der Waals surface area contributed by atoms with E-state index in [0.29, 0.717) is 15.9 Å². The van der Waals surface area contributed by atoms with Crippen LogP contribution in [0, 0.1) is 12.8 Å². The van der Waals surface area contributed by atoms with E-state index in [1.165, 1.54) is 11.8 Å². The number of hydrogen-bond donors (Lipinski definition) is 1. The van der Waals surface area contributed by atoms with Crippen LogP contribution in [0.3, 0.4) is 0 Å². The van der Waals surface area contributed by atoms with Crippen LogP contribution in [-0.2, 0) is 4.79 Å². The molecule has 6 heteroatoms. The molecule has 1 heterocycles. The number of aromatic nitrogens is 1. The summed E-state index contributed by atoms with van der Waals surface area (Å²) in [6.45, 7) is 2.02. The molecular weight excluding hydrogens is 359 g/mol. The van der Waals surface area contributed by atoms with Crippen molar-refractivity contribution in [1.29, 1.82) is 0 Å². The summed E-state index contributed by atoms with van der Waals surface area (Å²) in [6, 6.07) is 9.45. The van der Waals surface area contributed by atoms with Crippen molar-refractivity contribution in [3.63, 3.8) is 0 Å². The first kappa shape index (κ1) is 18.0. The molecule has 0 unspecified atom stereocenters. The molecule has 1 aliphatic rings. The predicted octanol–water partition coefficient (Wildman–Crippen LogP) is 5.27. The Bertz CT molecular complexity index is 742. The zero-order valence-corrected chi connectivity index (χ0v) is 15.5. The molecule has 4 nitrogen and oxygen atoms in total. The highest BCUT2D eigenvalue weighted by atomic mass is 35.5. The molecule has 0 radical (unpaired) electrons. The lowest BCUT2D eigenvalue weighted by Gasteiger charge is -2.28. The summed E-state index contributed by atoms with van der Waals surface area (Å²) >= 11 is 11.9. The maximum absolute atomic E-state index is 12.4. The number of rotatable bonds is 4. The number of nitrogens with one attached hydrogen (secondary N) is 1. The predicted molar refractivity (Wildman–Crippen MR) is 100 cm³/mol. The number of carbonyl (C=O) groups is 1. The van der Waals surface area contributed by atoms with Crippen LogP contribution in [0.1, 0.15) is 31.2 Å². The van der Waals surface area contributed by atoms with Crippen molar-refractivity contribution in [2.75, 3.05) is 5.32 Å². The Morgan fingerprint density at radius 3 is 2.48 bits per heavy atom. The Morgan fingerprint density at radius 1 is 1.16 bits per heavy atom. The lowest BCUT2D eigenvalue weighted by Crippen LogP contribution is -2.31. The number of nitrogens with zero attached hydrogens (tertiary/aromatic N) is 1. The number of anilines is 1. The molecule has 1 N–H and O–H groups in total. The molecule has 0 bridgehead atoms. The highest BCUT2D eigenvalue weighted by Gasteiger charge is 2.28. The van der Waals surface area contributed by atoms with Crippen LogP contribution in [0.4, 0.5) is 5.69 Å². The number of amides is 1. The van der Waals surface area contributed by atoms with Crippen LogP contribution in [-0.4, -0.2) is 17.0 Å². The molecule has 0 atom stereocenters. The second-order valence-electron chi connectivity index (χ2n) is 6.39. The van der Waals surface area contributed by atoms with Crippen molar-refractivity contribution < 1.29 is 9.53 Å². The van der Waals surface area contributed by atoms with Gasteiger partial charge in [0.1, 0.15) is 11.1 Å². The first-order chi connectivity index (χ1) is 12.0. The lowest BCUT2D eigenvalue weighted by molar-refractivity contribution is -0.121. The molecule has 1 aliphatic carbocycles. The topological polar surface area (TPSA) is 51.2 Å². The highest BCUT2D eigenvalue weighted by molar-refractivity contribution is 6.35. The Labute approximate surface area is 157 Å². The van der Waals surface area contributed by atoms with Gasteiger partial charge in [0.2, 0.25) is 11.8 Å². The number of ether oxygens (including phenoxy) is 1. The Hall–Kier alpha value is -1.78. The van der Waals surface area contributed by atoms with Gasteiger partial charge in [0.25, 0.3) is 0 Å². The Balaban J connectivity index is 1.51. The molecule has 1 amide bonds. The van der Waals surface area contributed by atoms with E-state index in [0.717, 1.165) is 31.4 Å². The van der Waals surface area contributed by atoms with Crippen molar-refractivity contribution in [2.24, 2.45) is 5.92 Å². The number of aryl methyl sites for hydroxylation is 1. The SMILES string of the molecule is Cc1ccc(NC(=O)C2CCC(Oc3ncc(Cl)cc3Cl)CC2)cc1. The summed E-state index contributed by atoms with van der Waals surface area (Å²) in [5, 5.41) is 3.88. The van der Waals surface area contributed by atoms with Gasteiger partial charge in [-0.1, -0.05) is 40.9 Å². The molecule has 1 aromatic carbocycles. The van der Waals surface area contributed by atoms with Gasteiger partial charge in [-0.3, -0.25) is 4.79 Å². The van der Waals surface area contributed by atoms with Crippen molar-refractivity contribution in [3.05, 3.63) is 52.1 Å². The largest absolute Gasteiger partial charge is 0.473 e. The molecular formula is C19H20Cl2N2O2. The molecule has 1 fully saturated rings. The number of hydrogen-bond acceptors (Lipinski definition) is 3. The van der Waals surface area contributed by atoms with Crippen molar-refractivity contribution >= 4 is 34.8 Å². The fraction of sp³-hybridized carbons (Fsp3) is 0.368. The lowest BCUT2D eigenvalue weighted by atomic mass is 9.86. The molecule has 0 aliphatic heterocycles. The summed E-state index contributed by atoms with van der Waals surface area (Å²) in [5.41, 5.74) is 2.01. The third-order valence-corrected chi connectivity index (χ3v) is 4.89. The fourth-order valence-corrected chi connectivity index (χ4v) is 3.40. The first-order valence-corrected chi connectivity index (χ1v) is 9.12. The van der Waals surface area contributed by atoms with Crippen LogP contribution in [0.2, 0.25) is 10.0 Å². The van der Waals surface area contributed by atoms with Gasteiger partial charge >= 0.3 is 0 Å². The minimum atomic E-state index is 0.00908. The van der Waals surface area contributed by atoms with E-state index < -0.39 is 0 Å². The maximum atomic E-state index is 12.4. The molecule has 3 rings (SSSR count). The number of benzene rings is 1. The van der Waals surface area contributed by atoms with Gasteiger partial charge in [0.15, 0.2) is 0 Å². The van der Waals surface area contributed by atoms with Crippen LogP contribution in [0.25, 0.3) is 0 Å². The third-order valence-electron chi connectivity index (χ3n) is 4.42. The van der Waals surface area contributed by atoms with Gasteiger partial charge in [0, 0.05) is 17.8 Å². The molecule has 1 aromatic heterocycles. The molecule has 25 heavy (non-hydrogen) atoms. The van der Waals surface area contributed by atoms with Crippen LogP contribution in [0.15, 0.2) is 36.5 Å². The summed E-state index contributed by atoms with van der Waals surface area (Å²) in [6.07, 6.45) is 4.71. The van der Waals surface area contributed by atoms with E-state index in [4.69, 9.17) is 27.9 Å². The smallest absolute Gasteiger partial charge is 0.232 e. The van der Waals surface area contributed by atoms with Gasteiger partial charge in [-0.2, -0.15) is 0 Å². The summed E-state index contributed by atoms with van der Waals surface area (Å²) < 4.78 is 5.87. The number of pyridine rings is 1. The standard InChI is InChI=1S/C19H20Cl2N2O2/c1-12-2-6-15(7-3-12)23-18(24)13-4-8-16(9-5-13)25-19-17(21)10-14(20)11-22-19/h2-3,6-7,10-11,13,16H,4-5,8-9H2,1H3,(H,23,24). The van der Waals surface area contributed by atoms with Crippen molar-refractivity contribution in [3.8, 4) is 5.88 Å². The Kier molecular flexibility index (Phi) is 5.82. The zero-order valence-electron chi connectivity index (χ0n) is 14.0. The number of carbonyl (C=O) groups excluding carboxylic acids is 1. The molecule has 0 saturated heterocycles. The summed E-state index contributed by atoms with van der Waals surface area (Å²) in [7, 11) is 0. The van der Waals surface area contributed by atoms with E-state index >= 15 is 0 Å². The third kappa shape index (κ3) is 4.86.